The van der Waals surface area contributed by atoms with Gasteiger partial charge in [0.15, 0.2) is 5.78 Å². The van der Waals surface area contributed by atoms with E-state index in [1.54, 1.807) is 41.6 Å². The minimum absolute atomic E-state index is 0. The van der Waals surface area contributed by atoms with E-state index in [0.29, 0.717) is 17.9 Å². The van der Waals surface area contributed by atoms with Gasteiger partial charge in [-0.3, -0.25) is 4.79 Å². The fraction of sp³-hybridized carbons (Fsp3) is 0.247. The number of aliphatic hydroxyl groups is 1. The molecule has 0 bridgehead atoms. The first-order chi connectivity index (χ1) is 41.5. The van der Waals surface area contributed by atoms with Gasteiger partial charge in [0.05, 0.1) is 5.76 Å². The summed E-state index contributed by atoms with van der Waals surface area (Å²) in [5.74, 6) is 0.627. The van der Waals surface area contributed by atoms with Crippen molar-refractivity contribution in [3.63, 3.8) is 0 Å². The van der Waals surface area contributed by atoms with Gasteiger partial charge in [0.2, 0.25) is 0 Å². The van der Waals surface area contributed by atoms with Crippen molar-refractivity contribution < 1.29 is 30.0 Å². The summed E-state index contributed by atoms with van der Waals surface area (Å²) in [6.07, 6.45) is 10.1. The third-order valence-electron chi connectivity index (χ3n) is 18.8. The molecule has 1 spiro atoms. The molecule has 2 aromatic heterocycles. The molecular weight excluding hydrogens is 1240 g/mol. The molecule has 441 valence electrons. The number of rotatable bonds is 12. The molecule has 1 radical (unpaired) electrons. The van der Waals surface area contributed by atoms with E-state index >= 15 is 0 Å². The summed E-state index contributed by atoms with van der Waals surface area (Å²) < 4.78 is 0. The van der Waals surface area contributed by atoms with Gasteiger partial charge in [-0.1, -0.05) is 149 Å². The summed E-state index contributed by atoms with van der Waals surface area (Å²) >= 11 is 0. The van der Waals surface area contributed by atoms with E-state index in [1.807, 2.05) is 84.9 Å². The number of fused-ring (bicyclic) bond motifs is 1. The molecule has 3 aliphatic carbocycles. The monoisotopic (exact) mass is 1320 g/mol. The fourth-order valence-corrected chi connectivity index (χ4v) is 14.1. The second-order valence-electron chi connectivity index (χ2n) is 25.0. The molecule has 1 unspecified atom stereocenters. The minimum Gasteiger partial charge on any atom is -0.512 e. The fourth-order valence-electron chi connectivity index (χ4n) is 14.1. The third kappa shape index (κ3) is 12.3. The van der Waals surface area contributed by atoms with Gasteiger partial charge in [-0.25, -0.2) is 0 Å². The number of benzene rings is 8. The van der Waals surface area contributed by atoms with Crippen molar-refractivity contribution >= 4 is 22.8 Å². The van der Waals surface area contributed by atoms with Crippen LogP contribution in [0.3, 0.4) is 0 Å². The van der Waals surface area contributed by atoms with E-state index in [9.17, 15) is 9.90 Å². The van der Waals surface area contributed by atoms with Crippen LogP contribution in [0.25, 0.3) is 33.6 Å². The number of allylic oxidation sites excluding steroid dienone is 2. The zero-order valence-corrected chi connectivity index (χ0v) is 54.5. The van der Waals surface area contributed by atoms with Crippen molar-refractivity contribution in [3.05, 3.63) is 303 Å². The number of aryl methyl sites for hydroxylation is 3. The topological polar surface area (TPSA) is 66.3 Å². The molecule has 13 rings (SSSR count). The predicted molar refractivity (Wildman–Crippen MR) is 356 cm³/mol. The molecule has 0 fully saturated rings. The van der Waals surface area contributed by atoms with Crippen molar-refractivity contribution in [2.24, 2.45) is 5.92 Å². The second kappa shape index (κ2) is 26.0. The summed E-state index contributed by atoms with van der Waals surface area (Å²) in [6, 6.07) is 77.0. The van der Waals surface area contributed by atoms with Crippen LogP contribution in [-0.4, -0.2) is 20.9 Å². The molecule has 5 nitrogen and oxygen atoms in total. The van der Waals surface area contributed by atoms with E-state index < -0.39 is 0 Å². The van der Waals surface area contributed by atoms with Crippen LogP contribution in [-0.2, 0) is 60.4 Å². The predicted octanol–water partition coefficient (Wildman–Crippen LogP) is 20.0. The zero-order valence-electron chi connectivity index (χ0n) is 52.1. The van der Waals surface area contributed by atoms with Crippen LogP contribution in [0.1, 0.15) is 134 Å². The number of aliphatic hydroxyl groups excluding tert-OH is 1. The van der Waals surface area contributed by atoms with Gasteiger partial charge in [-0.2, -0.15) is 0 Å². The van der Waals surface area contributed by atoms with E-state index in [2.05, 4.69) is 198 Å². The Bertz CT molecular complexity index is 3910. The van der Waals surface area contributed by atoms with Crippen molar-refractivity contribution in [2.75, 3.05) is 4.90 Å². The maximum atomic E-state index is 12.5. The third-order valence-corrected chi connectivity index (χ3v) is 18.8. The van der Waals surface area contributed by atoms with Gasteiger partial charge >= 0.3 is 0 Å². The Hall–Kier alpha value is -8.28. The van der Waals surface area contributed by atoms with E-state index in [4.69, 9.17) is 0 Å². The van der Waals surface area contributed by atoms with Crippen LogP contribution in [0.2, 0.25) is 0 Å². The van der Waals surface area contributed by atoms with Crippen LogP contribution in [0.5, 0.6) is 0 Å². The molecule has 2 atom stereocenters. The second-order valence-corrected chi connectivity index (χ2v) is 25.0. The van der Waals surface area contributed by atoms with Gasteiger partial charge < -0.3 is 20.0 Å². The number of carbonyl (C=O) groups is 1. The normalized spacial score (nSPS) is 15.6. The van der Waals surface area contributed by atoms with E-state index in [-0.39, 0.29) is 47.9 Å². The number of hydrogen-bond acceptors (Lipinski definition) is 5. The van der Waals surface area contributed by atoms with E-state index in [1.165, 1.54) is 71.6 Å². The molecule has 87 heavy (non-hydrogen) atoms. The molecule has 2 heterocycles. The Morgan fingerprint density at radius 1 is 0.586 bits per heavy atom. The Morgan fingerprint density at radius 3 is 1.59 bits per heavy atom. The maximum Gasteiger partial charge on any atom is 0.159 e. The van der Waals surface area contributed by atoms with E-state index in [0.717, 1.165) is 62.7 Å². The van der Waals surface area contributed by atoms with Gasteiger partial charge in [0, 0.05) is 77.8 Å². The molecule has 1 N–H and O–H groups in total. The molecule has 0 amide bonds. The van der Waals surface area contributed by atoms with Crippen LogP contribution in [0, 0.1) is 38.8 Å². The quantitative estimate of drug-likeness (QED) is 0.0750. The SMILES string of the molecule is CC(=O)C(Cc1cc(C)ccc1C(C)(C)c1ccc(N(c2ccc(C)cc2)c2ccc(C(C)(C)c3ccc4c5c3CCC[C@]53c5c-4ccc(C)c5CCC3C)cc2)cc1)=C(C)O.[Ir].[c-]1ccccc1-c1ccccn1.[c-]1ccccc1-c1ccccn1. The number of pyridine rings is 2. The van der Waals surface area contributed by atoms with Gasteiger partial charge in [0.1, 0.15) is 0 Å². The van der Waals surface area contributed by atoms with Crippen molar-refractivity contribution in [3.8, 4) is 33.6 Å². The number of hydrogen-bond donors (Lipinski definition) is 1. The first-order valence-corrected chi connectivity index (χ1v) is 30.6. The smallest absolute Gasteiger partial charge is 0.159 e. The molecule has 10 aromatic rings. The zero-order chi connectivity index (χ0) is 60.3. The van der Waals surface area contributed by atoms with Gasteiger partial charge in [-0.05, 0) is 199 Å². The summed E-state index contributed by atoms with van der Waals surface area (Å²) in [5.41, 5.74) is 27.0. The number of Topliss-reactive ketones (excluding diaryl/α,β-unsaturated/α-hetero) is 1. The van der Waals surface area contributed by atoms with Gasteiger partial charge in [0.25, 0.3) is 0 Å². The average Bonchev–Trinajstić information content (AvgIpc) is 1.58. The number of anilines is 3. The largest absolute Gasteiger partial charge is 0.512 e. The molecule has 0 saturated carbocycles. The Kier molecular flexibility index (Phi) is 18.4. The molecule has 0 aliphatic heterocycles. The first kappa shape index (κ1) is 61.8. The number of ketones is 1. The minimum atomic E-state index is -0.357. The van der Waals surface area contributed by atoms with Crippen LogP contribution >= 0.6 is 0 Å². The Balaban J connectivity index is 0.000000275. The summed E-state index contributed by atoms with van der Waals surface area (Å²) in [4.78, 5) is 23.3. The van der Waals surface area contributed by atoms with Crippen LogP contribution in [0.4, 0.5) is 17.1 Å². The van der Waals surface area contributed by atoms with Crippen LogP contribution < -0.4 is 4.90 Å². The van der Waals surface area contributed by atoms with Crippen molar-refractivity contribution in [2.45, 2.75) is 124 Å². The Labute approximate surface area is 530 Å². The summed E-state index contributed by atoms with van der Waals surface area (Å²) in [7, 11) is 0. The van der Waals surface area contributed by atoms with Crippen molar-refractivity contribution in [1.29, 1.82) is 0 Å². The summed E-state index contributed by atoms with van der Waals surface area (Å²) in [5, 5.41) is 10.4. The molecule has 3 aliphatic rings. The molecular formula is C81H79IrN3O2-2. The summed E-state index contributed by atoms with van der Waals surface area (Å²) in [6.45, 7) is 21.6. The standard InChI is InChI=1S/C59H63NO2.2C11H8N.Ir/c1-36-13-22-45(23-14-36)60(46-24-18-43(19-25-46)57(7,8)53-31-15-37(2)34-42(53)35-52(40(5)61)41(6)62)47-26-20-44(21-27-47)58(9,10)54-32-30-50-49-28-16-38(3)48-29-17-39(4)59(55(48)49)33-11-12-51(54)56(50)59;2*1-2-6-10(7-3-1)11-8-4-5-9-12-11;/h13-16,18-28,30-32,34,39,61H,11-12,17,29,33,35H2,1-10H3;2*1-6,8-9H;/q;2*-1;/t39?,59-;;;/m0.../s1. The maximum absolute atomic E-state index is 12.5. The average molecular weight is 1320 g/mol. The molecule has 0 saturated heterocycles. The molecule has 6 heteroatoms. The van der Waals surface area contributed by atoms with Crippen molar-refractivity contribution in [1.82, 2.24) is 9.97 Å². The molecule has 8 aromatic carbocycles. The number of aromatic nitrogens is 2. The van der Waals surface area contributed by atoms with Gasteiger partial charge in [-0.15, -0.1) is 71.8 Å². The van der Waals surface area contributed by atoms with Crippen LogP contribution in [0.15, 0.2) is 224 Å². The number of carbonyl (C=O) groups excluding carboxylic acids is 1. The number of nitrogens with zero attached hydrogens (tertiary/aromatic N) is 3. The Morgan fingerprint density at radius 2 is 1.08 bits per heavy atom. The first-order valence-electron chi connectivity index (χ1n) is 30.6.